The minimum Gasteiger partial charge on any atom is -0.496 e. The van der Waals surface area contributed by atoms with Crippen LogP contribution in [-0.4, -0.2) is 24.7 Å². The van der Waals surface area contributed by atoms with Crippen LogP contribution in [0.1, 0.15) is 50.4 Å². The summed E-state index contributed by atoms with van der Waals surface area (Å²) in [6.07, 6.45) is 5.32. The van der Waals surface area contributed by atoms with Crippen LogP contribution in [0.2, 0.25) is 0 Å². The molecule has 0 aliphatic rings. The van der Waals surface area contributed by atoms with Gasteiger partial charge in [0.2, 0.25) is 0 Å². The van der Waals surface area contributed by atoms with Gasteiger partial charge in [-0.2, -0.15) is 0 Å². The fraction of sp³-hybridized carbons (Fsp3) is 0.706. The summed E-state index contributed by atoms with van der Waals surface area (Å²) < 4.78 is 5.50. The van der Waals surface area contributed by atoms with E-state index in [4.69, 9.17) is 4.74 Å². The van der Waals surface area contributed by atoms with Crippen molar-refractivity contribution in [3.63, 3.8) is 0 Å². The van der Waals surface area contributed by atoms with Gasteiger partial charge in [0, 0.05) is 35.5 Å². The van der Waals surface area contributed by atoms with E-state index in [-0.39, 0.29) is 0 Å². The Balaban J connectivity index is 2.88. The quantitative estimate of drug-likeness (QED) is 0.788. The first-order valence-electron chi connectivity index (χ1n) is 7.75. The van der Waals surface area contributed by atoms with Crippen molar-refractivity contribution in [2.45, 2.75) is 59.9 Å². The Hall–Kier alpha value is -1.09. The summed E-state index contributed by atoms with van der Waals surface area (Å²) in [5.74, 6) is 1.72. The first kappa shape index (κ1) is 17.0. The van der Waals surface area contributed by atoms with Crippen molar-refractivity contribution in [3.8, 4) is 5.75 Å². The zero-order valence-electron chi connectivity index (χ0n) is 13.9. The molecule has 1 heterocycles. The van der Waals surface area contributed by atoms with E-state index >= 15 is 0 Å². The summed E-state index contributed by atoms with van der Waals surface area (Å²) in [7, 11) is 1.74. The zero-order valence-corrected chi connectivity index (χ0v) is 13.9. The summed E-state index contributed by atoms with van der Waals surface area (Å²) in [6, 6.07) is 0.494. The average Bonchev–Trinajstić information content (AvgIpc) is 2.42. The molecule has 0 aliphatic carbocycles. The molecule has 0 amide bonds. The Bertz CT molecular complexity index is 418. The summed E-state index contributed by atoms with van der Waals surface area (Å²) in [4.78, 5) is 4.62. The number of ether oxygens (including phenoxy) is 1. The fourth-order valence-electron chi connectivity index (χ4n) is 2.69. The van der Waals surface area contributed by atoms with Crippen LogP contribution in [0.25, 0.3) is 0 Å². The third-order valence-corrected chi connectivity index (χ3v) is 4.07. The first-order chi connectivity index (χ1) is 9.53. The lowest BCUT2D eigenvalue weighted by molar-refractivity contribution is 0.389. The molecular formula is C17H30N2O. The van der Waals surface area contributed by atoms with Gasteiger partial charge in [-0.15, -0.1) is 0 Å². The van der Waals surface area contributed by atoms with Crippen LogP contribution in [0.4, 0.5) is 0 Å². The van der Waals surface area contributed by atoms with Gasteiger partial charge < -0.3 is 10.1 Å². The Morgan fingerprint density at radius 2 is 2.00 bits per heavy atom. The van der Waals surface area contributed by atoms with Crippen LogP contribution in [0.5, 0.6) is 5.75 Å². The van der Waals surface area contributed by atoms with Crippen LogP contribution >= 0.6 is 0 Å². The smallest absolute Gasteiger partial charge is 0.128 e. The fourth-order valence-corrected chi connectivity index (χ4v) is 2.69. The lowest BCUT2D eigenvalue weighted by Gasteiger charge is -2.22. The molecule has 1 rings (SSSR count). The minimum atomic E-state index is 0.494. The molecule has 3 nitrogen and oxygen atoms in total. The van der Waals surface area contributed by atoms with Gasteiger partial charge in [0.25, 0.3) is 0 Å². The lowest BCUT2D eigenvalue weighted by atomic mass is 9.94. The molecule has 2 atom stereocenters. The van der Waals surface area contributed by atoms with E-state index in [9.17, 15) is 0 Å². The molecule has 0 bridgehead atoms. The van der Waals surface area contributed by atoms with E-state index in [0.29, 0.717) is 6.04 Å². The minimum absolute atomic E-state index is 0.494. The largest absolute Gasteiger partial charge is 0.496 e. The van der Waals surface area contributed by atoms with E-state index in [2.05, 4.69) is 38.0 Å². The van der Waals surface area contributed by atoms with Crippen molar-refractivity contribution < 1.29 is 4.74 Å². The molecule has 0 aliphatic heterocycles. The molecule has 0 fully saturated rings. The third kappa shape index (κ3) is 4.48. The van der Waals surface area contributed by atoms with E-state index in [1.807, 2.05) is 13.1 Å². The van der Waals surface area contributed by atoms with Crippen molar-refractivity contribution >= 4 is 0 Å². The summed E-state index contributed by atoms with van der Waals surface area (Å²) in [5, 5.41) is 3.59. The van der Waals surface area contributed by atoms with Crippen LogP contribution in [0.15, 0.2) is 6.20 Å². The van der Waals surface area contributed by atoms with Gasteiger partial charge in [0.05, 0.1) is 7.11 Å². The highest BCUT2D eigenvalue weighted by molar-refractivity contribution is 5.41. The second kappa shape index (κ2) is 8.25. The number of hydrogen-bond donors (Lipinski definition) is 1. The van der Waals surface area contributed by atoms with Gasteiger partial charge >= 0.3 is 0 Å². The number of pyridine rings is 1. The second-order valence-corrected chi connectivity index (χ2v) is 5.75. The predicted molar refractivity (Wildman–Crippen MR) is 85.5 cm³/mol. The molecule has 0 radical (unpaired) electrons. The van der Waals surface area contributed by atoms with Gasteiger partial charge in [0.15, 0.2) is 0 Å². The van der Waals surface area contributed by atoms with E-state index in [1.54, 1.807) is 7.11 Å². The molecule has 0 saturated heterocycles. The number of aryl methyl sites for hydroxylation is 1. The molecule has 0 aromatic carbocycles. The van der Waals surface area contributed by atoms with Crippen molar-refractivity contribution in [1.29, 1.82) is 0 Å². The molecular weight excluding hydrogens is 248 g/mol. The van der Waals surface area contributed by atoms with Crippen LogP contribution in [0.3, 0.4) is 0 Å². The maximum atomic E-state index is 5.50. The molecule has 1 aromatic rings. The number of nitrogens with one attached hydrogen (secondary N) is 1. The number of hydrogen-bond acceptors (Lipinski definition) is 3. The summed E-state index contributed by atoms with van der Waals surface area (Å²) >= 11 is 0. The highest BCUT2D eigenvalue weighted by Gasteiger charge is 2.16. The average molecular weight is 278 g/mol. The summed E-state index contributed by atoms with van der Waals surface area (Å²) in [6.45, 7) is 11.9. The molecule has 0 spiro atoms. The van der Waals surface area contributed by atoms with Gasteiger partial charge in [0.1, 0.15) is 5.75 Å². The molecule has 2 unspecified atom stereocenters. The topological polar surface area (TPSA) is 34.2 Å². The van der Waals surface area contributed by atoms with Crippen molar-refractivity contribution in [1.82, 2.24) is 10.3 Å². The lowest BCUT2D eigenvalue weighted by Crippen LogP contribution is -2.33. The van der Waals surface area contributed by atoms with Gasteiger partial charge in [-0.3, -0.25) is 4.98 Å². The molecule has 20 heavy (non-hydrogen) atoms. The molecule has 1 aromatic heterocycles. The van der Waals surface area contributed by atoms with E-state index < -0.39 is 0 Å². The van der Waals surface area contributed by atoms with Gasteiger partial charge in [-0.05, 0) is 32.7 Å². The number of rotatable bonds is 8. The Labute approximate surface area is 124 Å². The maximum absolute atomic E-state index is 5.50. The second-order valence-electron chi connectivity index (χ2n) is 5.75. The van der Waals surface area contributed by atoms with Crippen LogP contribution < -0.4 is 10.1 Å². The Kier molecular flexibility index (Phi) is 7.00. The van der Waals surface area contributed by atoms with E-state index in [1.165, 1.54) is 18.4 Å². The number of aromatic nitrogens is 1. The predicted octanol–water partition coefficient (Wildman–Crippen LogP) is 3.66. The van der Waals surface area contributed by atoms with Crippen LogP contribution in [-0.2, 0) is 6.42 Å². The molecule has 1 N–H and O–H groups in total. The number of methoxy groups -OCH3 is 1. The van der Waals surface area contributed by atoms with Gasteiger partial charge in [-0.1, -0.05) is 27.2 Å². The SMILES string of the molecule is CCNC(Cc1ncc(C)c(OC)c1C)CC(C)CC. The number of nitrogens with zero attached hydrogens (tertiary/aromatic N) is 1. The molecule has 3 heteroatoms. The van der Waals surface area contributed by atoms with Crippen molar-refractivity contribution in [2.24, 2.45) is 5.92 Å². The highest BCUT2D eigenvalue weighted by atomic mass is 16.5. The summed E-state index contributed by atoms with van der Waals surface area (Å²) in [5.41, 5.74) is 3.44. The van der Waals surface area contributed by atoms with Crippen molar-refractivity contribution in [3.05, 3.63) is 23.0 Å². The van der Waals surface area contributed by atoms with Crippen LogP contribution in [0, 0.1) is 19.8 Å². The molecule has 0 saturated carbocycles. The highest BCUT2D eigenvalue weighted by Crippen LogP contribution is 2.25. The molecule has 114 valence electrons. The Morgan fingerprint density at radius 3 is 2.55 bits per heavy atom. The van der Waals surface area contributed by atoms with Gasteiger partial charge in [-0.25, -0.2) is 0 Å². The number of likely N-dealkylation sites (N-methyl/N-ethyl adjacent to an activating group) is 1. The van der Waals surface area contributed by atoms with E-state index in [0.717, 1.165) is 35.9 Å². The standard InChI is InChI=1S/C17H30N2O/c1-7-12(3)9-15(18-8-2)10-16-14(5)17(20-6)13(4)11-19-16/h11-12,15,18H,7-10H2,1-6H3. The Morgan fingerprint density at radius 1 is 1.30 bits per heavy atom. The zero-order chi connectivity index (χ0) is 15.1. The monoisotopic (exact) mass is 278 g/mol. The third-order valence-electron chi connectivity index (χ3n) is 4.07. The first-order valence-corrected chi connectivity index (χ1v) is 7.75. The maximum Gasteiger partial charge on any atom is 0.128 e. The van der Waals surface area contributed by atoms with Crippen molar-refractivity contribution in [2.75, 3.05) is 13.7 Å². The normalized spacial score (nSPS) is 14.1.